The second-order valence-corrected chi connectivity index (χ2v) is 8.11. The van der Waals surface area contributed by atoms with E-state index in [0.717, 1.165) is 16.8 Å². The number of aryl methyl sites for hydroxylation is 2. The van der Waals surface area contributed by atoms with Crippen LogP contribution in [-0.2, 0) is 13.6 Å². The van der Waals surface area contributed by atoms with Crippen molar-refractivity contribution in [2.75, 3.05) is 16.8 Å². The number of fused-ring (bicyclic) bond motifs is 1. The van der Waals surface area contributed by atoms with Crippen molar-refractivity contribution in [3.63, 3.8) is 0 Å². The molecule has 0 unspecified atom stereocenters. The van der Waals surface area contributed by atoms with E-state index < -0.39 is 6.04 Å². The summed E-state index contributed by atoms with van der Waals surface area (Å²) >= 11 is 6.38. The summed E-state index contributed by atoms with van der Waals surface area (Å²) < 4.78 is 1.74. The number of carbonyl (C=O) groups is 1. The lowest BCUT2D eigenvalue weighted by molar-refractivity contribution is 0.0948. The van der Waals surface area contributed by atoms with Gasteiger partial charge in [0, 0.05) is 12.4 Å². The number of rotatable bonds is 6. The van der Waals surface area contributed by atoms with Crippen molar-refractivity contribution in [3.05, 3.63) is 64.3 Å². The molecule has 1 atom stereocenters. The van der Waals surface area contributed by atoms with E-state index in [-0.39, 0.29) is 17.4 Å². The van der Waals surface area contributed by atoms with Crippen molar-refractivity contribution >= 4 is 45.7 Å². The van der Waals surface area contributed by atoms with Crippen molar-refractivity contribution in [3.8, 4) is 0 Å². The molecule has 0 aliphatic rings. The smallest absolute Gasteiger partial charge is 0.253 e. The molecular weight excluding hydrogens is 442 g/mol. The lowest BCUT2D eigenvalue weighted by Crippen LogP contribution is -2.27. The normalized spacial score (nSPS) is 12.0. The highest BCUT2D eigenvalue weighted by atomic mass is 35.5. The molecule has 0 saturated heterocycles. The van der Waals surface area contributed by atoms with Crippen molar-refractivity contribution in [2.45, 2.75) is 26.4 Å². The summed E-state index contributed by atoms with van der Waals surface area (Å²) in [4.78, 5) is 26.0. The second-order valence-electron chi connectivity index (χ2n) is 7.70. The molecule has 170 valence electrons. The van der Waals surface area contributed by atoms with Gasteiger partial charge in [0.25, 0.3) is 5.91 Å². The molecule has 11 heteroatoms. The number of amides is 1. The Hall–Kier alpha value is -3.92. The van der Waals surface area contributed by atoms with Crippen LogP contribution in [0.1, 0.15) is 40.4 Å². The molecule has 1 aromatic carbocycles. The van der Waals surface area contributed by atoms with E-state index in [4.69, 9.17) is 28.1 Å². The van der Waals surface area contributed by atoms with E-state index in [9.17, 15) is 4.79 Å². The van der Waals surface area contributed by atoms with Gasteiger partial charge < -0.3 is 22.1 Å². The minimum atomic E-state index is -0.443. The zero-order valence-electron chi connectivity index (χ0n) is 18.4. The van der Waals surface area contributed by atoms with Crippen molar-refractivity contribution in [1.82, 2.24) is 30.0 Å². The first-order chi connectivity index (χ1) is 15.7. The Kier molecular flexibility index (Phi) is 6.01. The van der Waals surface area contributed by atoms with E-state index in [1.807, 2.05) is 39.1 Å². The highest BCUT2D eigenvalue weighted by Crippen LogP contribution is 2.29. The molecule has 3 heterocycles. The molecule has 0 aliphatic heterocycles. The van der Waals surface area contributed by atoms with Crippen LogP contribution in [0.3, 0.4) is 0 Å². The number of hydrogen-bond donors (Lipinski definition) is 4. The summed E-state index contributed by atoms with van der Waals surface area (Å²) in [5.41, 5.74) is 15.3. The molecule has 4 aromatic rings. The van der Waals surface area contributed by atoms with Crippen LogP contribution in [-0.4, -0.2) is 30.6 Å². The van der Waals surface area contributed by atoms with Gasteiger partial charge in [0.05, 0.1) is 45.8 Å². The number of carbonyl (C=O) groups excluding carboxylic acids is 1. The molecule has 4 rings (SSSR count). The highest BCUT2D eigenvalue weighted by molar-refractivity contribution is 6.35. The molecular formula is C22H24ClN9O. The number of anilines is 3. The maximum atomic E-state index is 13.3. The molecule has 1 amide bonds. The van der Waals surface area contributed by atoms with Crippen molar-refractivity contribution in [1.29, 1.82) is 0 Å². The number of aromatic nitrogens is 5. The number of nitrogens with one attached hydrogen (secondary N) is 2. The van der Waals surface area contributed by atoms with Crippen LogP contribution >= 0.6 is 11.6 Å². The summed E-state index contributed by atoms with van der Waals surface area (Å²) in [6.07, 6.45) is 1.31. The van der Waals surface area contributed by atoms with Gasteiger partial charge in [-0.15, -0.1) is 0 Å². The molecule has 0 saturated carbocycles. The molecule has 33 heavy (non-hydrogen) atoms. The number of nitrogens with two attached hydrogens (primary N) is 2. The lowest BCUT2D eigenvalue weighted by atomic mass is 10.0. The van der Waals surface area contributed by atoms with E-state index in [1.54, 1.807) is 16.8 Å². The first-order valence-corrected chi connectivity index (χ1v) is 10.6. The maximum Gasteiger partial charge on any atom is 0.253 e. The van der Waals surface area contributed by atoms with Crippen molar-refractivity contribution < 1.29 is 4.79 Å². The Morgan fingerprint density at radius 1 is 1.24 bits per heavy atom. The summed E-state index contributed by atoms with van der Waals surface area (Å²) in [5.74, 6) is 0.244. The number of para-hydroxylation sites is 1. The van der Waals surface area contributed by atoms with Crippen LogP contribution in [0.5, 0.6) is 0 Å². The zero-order valence-corrected chi connectivity index (χ0v) is 19.2. The number of pyridine rings is 1. The first-order valence-electron chi connectivity index (χ1n) is 10.2. The largest absolute Gasteiger partial charge is 0.393 e. The van der Waals surface area contributed by atoms with Crippen LogP contribution in [0.4, 0.5) is 17.3 Å². The van der Waals surface area contributed by atoms with Gasteiger partial charge in [0.2, 0.25) is 0 Å². The number of benzene rings is 1. The van der Waals surface area contributed by atoms with Gasteiger partial charge in [-0.25, -0.2) is 15.0 Å². The first kappa shape index (κ1) is 22.3. The Morgan fingerprint density at radius 3 is 2.76 bits per heavy atom. The predicted molar refractivity (Wildman–Crippen MR) is 129 cm³/mol. The van der Waals surface area contributed by atoms with Gasteiger partial charge >= 0.3 is 0 Å². The number of halogens is 1. The molecule has 0 fully saturated rings. The minimum absolute atomic E-state index is 0.165. The predicted octanol–water partition coefficient (Wildman–Crippen LogP) is 2.99. The van der Waals surface area contributed by atoms with Gasteiger partial charge in [-0.1, -0.05) is 23.7 Å². The van der Waals surface area contributed by atoms with Crippen LogP contribution < -0.4 is 22.1 Å². The zero-order chi connectivity index (χ0) is 23.7. The fourth-order valence-corrected chi connectivity index (χ4v) is 3.81. The van der Waals surface area contributed by atoms with Crippen LogP contribution in [0, 0.1) is 6.92 Å². The summed E-state index contributed by atoms with van der Waals surface area (Å²) in [5, 5.41) is 11.7. The fraction of sp³-hybridized carbons (Fsp3) is 0.227. The van der Waals surface area contributed by atoms with Crippen LogP contribution in [0.25, 0.3) is 10.9 Å². The maximum absolute atomic E-state index is 13.3. The molecule has 10 nitrogen and oxygen atoms in total. The third-order valence-corrected chi connectivity index (χ3v) is 5.58. The summed E-state index contributed by atoms with van der Waals surface area (Å²) in [6.45, 7) is 4.07. The summed E-state index contributed by atoms with van der Waals surface area (Å²) in [6, 6.07) is 8.70. The molecule has 6 N–H and O–H groups in total. The Labute approximate surface area is 195 Å². The van der Waals surface area contributed by atoms with E-state index in [2.05, 4.69) is 25.7 Å². The Morgan fingerprint density at radius 2 is 2.03 bits per heavy atom. The van der Waals surface area contributed by atoms with Crippen LogP contribution in [0.15, 0.2) is 36.7 Å². The topological polar surface area (TPSA) is 150 Å². The van der Waals surface area contributed by atoms with E-state index in [1.165, 1.54) is 6.33 Å². The SMILES string of the molecule is Cc1cc(CNC(=O)c2cc3cccc(Cl)c3nc2[C@H](C)Nc2ncnc(N)c2N)n(C)n1. The molecule has 0 spiro atoms. The lowest BCUT2D eigenvalue weighted by Gasteiger charge is -2.19. The average molecular weight is 466 g/mol. The molecule has 3 aromatic heterocycles. The quantitative estimate of drug-likeness (QED) is 0.339. The number of nitrogens with zero attached hydrogens (tertiary/aromatic N) is 5. The summed E-state index contributed by atoms with van der Waals surface area (Å²) in [7, 11) is 1.84. The molecule has 0 bridgehead atoms. The Bertz CT molecular complexity index is 1350. The average Bonchev–Trinajstić information content (AvgIpc) is 3.11. The monoisotopic (exact) mass is 465 g/mol. The van der Waals surface area contributed by atoms with Gasteiger partial charge in [-0.05, 0) is 32.0 Å². The molecule has 0 radical (unpaired) electrons. The standard InChI is InChI=1S/C22H24ClN9O/c1-11-7-14(32(3)31-11)9-26-22(33)15-8-13-5-4-6-16(23)19(13)30-18(15)12(2)29-21-17(24)20(25)27-10-28-21/h4-8,10,12H,9,24H2,1-3H3,(H,26,33)(H3,25,27,28,29)/t12-/m0/s1. The van der Waals surface area contributed by atoms with Gasteiger partial charge in [-0.2, -0.15) is 5.10 Å². The molecule has 0 aliphatic carbocycles. The Balaban J connectivity index is 1.71. The van der Waals surface area contributed by atoms with Gasteiger partial charge in [0.1, 0.15) is 12.0 Å². The van der Waals surface area contributed by atoms with Crippen molar-refractivity contribution in [2.24, 2.45) is 7.05 Å². The fourth-order valence-electron chi connectivity index (χ4n) is 3.58. The van der Waals surface area contributed by atoms with Crippen LogP contribution in [0.2, 0.25) is 5.02 Å². The third-order valence-electron chi connectivity index (χ3n) is 5.28. The second kappa shape index (κ2) is 8.91. The van der Waals surface area contributed by atoms with E-state index >= 15 is 0 Å². The van der Waals surface area contributed by atoms with Gasteiger partial charge in [-0.3, -0.25) is 9.48 Å². The number of hydrogen-bond acceptors (Lipinski definition) is 8. The van der Waals surface area contributed by atoms with E-state index in [0.29, 0.717) is 34.2 Å². The minimum Gasteiger partial charge on any atom is -0.393 e. The number of nitrogen functional groups attached to an aromatic ring is 2. The third kappa shape index (κ3) is 4.51. The van der Waals surface area contributed by atoms with Gasteiger partial charge in [0.15, 0.2) is 11.6 Å². The highest BCUT2D eigenvalue weighted by Gasteiger charge is 2.21.